The quantitative estimate of drug-likeness (QED) is 0.533. The number of hydrogen-bond donors (Lipinski definition) is 1. The van der Waals surface area contributed by atoms with Crippen LogP contribution in [0.1, 0.15) is 19.8 Å². The maximum atomic E-state index is 9.47. The third-order valence-electron chi connectivity index (χ3n) is 2.45. The molecule has 0 aromatic rings. The normalized spacial score (nSPS) is 23.6. The highest BCUT2D eigenvalue weighted by molar-refractivity contribution is 5.34. The van der Waals surface area contributed by atoms with Gasteiger partial charge in [0.25, 0.3) is 0 Å². The van der Waals surface area contributed by atoms with E-state index in [0.29, 0.717) is 0 Å². The van der Waals surface area contributed by atoms with E-state index in [1.807, 2.05) is 13.0 Å². The monoisotopic (exact) mass is 180 g/mol. The number of rotatable bonds is 3. The van der Waals surface area contributed by atoms with Gasteiger partial charge < -0.3 is 9.84 Å². The summed E-state index contributed by atoms with van der Waals surface area (Å²) in [5.74, 6) is 0.753. The van der Waals surface area contributed by atoms with Crippen molar-refractivity contribution in [3.8, 4) is 0 Å². The molecule has 1 unspecified atom stereocenters. The van der Waals surface area contributed by atoms with Crippen LogP contribution in [0.4, 0.5) is 0 Å². The van der Waals surface area contributed by atoms with Crippen LogP contribution in [0.25, 0.3) is 0 Å². The van der Waals surface area contributed by atoms with Crippen molar-refractivity contribution in [1.82, 2.24) is 0 Å². The molecule has 1 atom stereocenters. The van der Waals surface area contributed by atoms with Crippen LogP contribution < -0.4 is 0 Å². The Morgan fingerprint density at radius 3 is 2.77 bits per heavy atom. The van der Waals surface area contributed by atoms with Crippen molar-refractivity contribution in [3.05, 3.63) is 35.6 Å². The van der Waals surface area contributed by atoms with Gasteiger partial charge in [0.2, 0.25) is 0 Å². The number of aliphatic hydroxyl groups excluding tert-OH is 1. The standard InChI is InChI=1S/C11H16O2/c1-4-10(13-3)7-9-5-6-11(12)8(9)2/h4,7,11-12H,1,5-6H2,2-3H3/b10-7+. The van der Waals surface area contributed by atoms with Crippen molar-refractivity contribution in [2.24, 2.45) is 0 Å². The molecule has 2 heteroatoms. The van der Waals surface area contributed by atoms with E-state index in [-0.39, 0.29) is 6.10 Å². The minimum atomic E-state index is -0.269. The second-order valence-electron chi connectivity index (χ2n) is 3.22. The molecule has 13 heavy (non-hydrogen) atoms. The number of methoxy groups -OCH3 is 1. The average Bonchev–Trinajstić information content (AvgIpc) is 2.45. The minimum absolute atomic E-state index is 0.269. The van der Waals surface area contributed by atoms with Crippen LogP contribution in [-0.4, -0.2) is 18.3 Å². The molecule has 0 aromatic carbocycles. The van der Waals surface area contributed by atoms with Gasteiger partial charge in [-0.3, -0.25) is 0 Å². The van der Waals surface area contributed by atoms with E-state index in [0.717, 1.165) is 24.2 Å². The largest absolute Gasteiger partial charge is 0.497 e. The first kappa shape index (κ1) is 10.1. The van der Waals surface area contributed by atoms with Crippen molar-refractivity contribution in [1.29, 1.82) is 0 Å². The Kier molecular flexibility index (Phi) is 3.32. The molecule has 0 heterocycles. The topological polar surface area (TPSA) is 29.5 Å². The predicted octanol–water partition coefficient (Wildman–Crippen LogP) is 2.17. The van der Waals surface area contributed by atoms with Gasteiger partial charge in [0.15, 0.2) is 0 Å². The second kappa shape index (κ2) is 4.28. The van der Waals surface area contributed by atoms with Crippen LogP contribution in [-0.2, 0) is 4.74 Å². The smallest absolute Gasteiger partial charge is 0.118 e. The molecule has 72 valence electrons. The van der Waals surface area contributed by atoms with E-state index in [2.05, 4.69) is 6.58 Å². The van der Waals surface area contributed by atoms with Gasteiger partial charge in [0.05, 0.1) is 13.2 Å². The van der Waals surface area contributed by atoms with Gasteiger partial charge in [0.1, 0.15) is 5.76 Å². The third-order valence-corrected chi connectivity index (χ3v) is 2.45. The van der Waals surface area contributed by atoms with Gasteiger partial charge in [-0.1, -0.05) is 6.58 Å². The Hall–Kier alpha value is -1.02. The zero-order valence-corrected chi connectivity index (χ0v) is 8.21. The highest BCUT2D eigenvalue weighted by Gasteiger charge is 2.18. The molecule has 0 bridgehead atoms. The van der Waals surface area contributed by atoms with E-state index in [9.17, 15) is 5.11 Å². The summed E-state index contributed by atoms with van der Waals surface area (Å²) in [5.41, 5.74) is 2.22. The molecule has 1 rings (SSSR count). The van der Waals surface area contributed by atoms with Crippen LogP contribution in [0, 0.1) is 0 Å². The van der Waals surface area contributed by atoms with E-state index in [1.54, 1.807) is 13.2 Å². The van der Waals surface area contributed by atoms with Gasteiger partial charge in [0, 0.05) is 0 Å². The van der Waals surface area contributed by atoms with E-state index < -0.39 is 0 Å². The van der Waals surface area contributed by atoms with Gasteiger partial charge in [-0.05, 0) is 43.1 Å². The second-order valence-corrected chi connectivity index (χ2v) is 3.22. The number of aliphatic hydroxyl groups is 1. The molecule has 0 spiro atoms. The van der Waals surface area contributed by atoms with Crippen molar-refractivity contribution in [3.63, 3.8) is 0 Å². The molecular formula is C11H16O2. The zero-order chi connectivity index (χ0) is 9.84. The molecule has 0 saturated carbocycles. The Balaban J connectivity index is 2.84. The third kappa shape index (κ3) is 2.22. The maximum Gasteiger partial charge on any atom is 0.118 e. The summed E-state index contributed by atoms with van der Waals surface area (Å²) in [6.45, 7) is 5.60. The molecule has 0 radical (unpaired) electrons. The lowest BCUT2D eigenvalue weighted by atomic mass is 10.1. The summed E-state index contributed by atoms with van der Waals surface area (Å²) in [4.78, 5) is 0. The Morgan fingerprint density at radius 1 is 1.69 bits per heavy atom. The van der Waals surface area contributed by atoms with E-state index in [1.165, 1.54) is 5.57 Å². The number of allylic oxidation sites excluding steroid dienone is 3. The fourth-order valence-electron chi connectivity index (χ4n) is 1.48. The van der Waals surface area contributed by atoms with Crippen molar-refractivity contribution >= 4 is 0 Å². The van der Waals surface area contributed by atoms with Gasteiger partial charge in [-0.2, -0.15) is 0 Å². The summed E-state index contributed by atoms with van der Waals surface area (Å²) < 4.78 is 5.07. The van der Waals surface area contributed by atoms with Crippen LogP contribution in [0.3, 0.4) is 0 Å². The fraction of sp³-hybridized carbons (Fsp3) is 0.455. The number of ether oxygens (including phenoxy) is 1. The molecule has 1 aliphatic rings. The van der Waals surface area contributed by atoms with Crippen molar-refractivity contribution in [2.45, 2.75) is 25.9 Å². The van der Waals surface area contributed by atoms with Crippen LogP contribution in [0.5, 0.6) is 0 Å². The van der Waals surface area contributed by atoms with Gasteiger partial charge >= 0.3 is 0 Å². The molecule has 0 aromatic heterocycles. The molecular weight excluding hydrogens is 164 g/mol. The summed E-state index contributed by atoms with van der Waals surface area (Å²) in [5, 5.41) is 9.47. The maximum absolute atomic E-state index is 9.47. The average molecular weight is 180 g/mol. The molecule has 1 N–H and O–H groups in total. The number of hydrogen-bond acceptors (Lipinski definition) is 2. The summed E-state index contributed by atoms with van der Waals surface area (Å²) in [6.07, 6.45) is 5.09. The lowest BCUT2D eigenvalue weighted by molar-refractivity contribution is 0.212. The first-order chi connectivity index (χ1) is 6.19. The van der Waals surface area contributed by atoms with Crippen molar-refractivity contribution in [2.75, 3.05) is 7.11 Å². The Bertz CT molecular complexity index is 261. The first-order valence-corrected chi connectivity index (χ1v) is 4.45. The predicted molar refractivity (Wildman–Crippen MR) is 53.2 cm³/mol. The molecule has 0 fully saturated rings. The molecule has 2 nitrogen and oxygen atoms in total. The first-order valence-electron chi connectivity index (χ1n) is 4.45. The Labute approximate surface area is 79.2 Å². The molecule has 0 amide bonds. The van der Waals surface area contributed by atoms with Crippen LogP contribution in [0.15, 0.2) is 35.6 Å². The van der Waals surface area contributed by atoms with Gasteiger partial charge in [-0.15, -0.1) is 0 Å². The van der Waals surface area contributed by atoms with Crippen LogP contribution >= 0.6 is 0 Å². The Morgan fingerprint density at radius 2 is 2.38 bits per heavy atom. The SMILES string of the molecule is C=C/C(=C\C1=C(C)C(O)CC1)OC. The van der Waals surface area contributed by atoms with Gasteiger partial charge in [-0.25, -0.2) is 0 Å². The highest BCUT2D eigenvalue weighted by atomic mass is 16.5. The van der Waals surface area contributed by atoms with Crippen molar-refractivity contribution < 1.29 is 9.84 Å². The lowest BCUT2D eigenvalue weighted by Crippen LogP contribution is -2.00. The lowest BCUT2D eigenvalue weighted by Gasteiger charge is -2.02. The van der Waals surface area contributed by atoms with E-state index in [4.69, 9.17) is 4.74 Å². The van der Waals surface area contributed by atoms with Crippen LogP contribution in [0.2, 0.25) is 0 Å². The summed E-state index contributed by atoms with van der Waals surface area (Å²) in [6, 6.07) is 0. The summed E-state index contributed by atoms with van der Waals surface area (Å²) >= 11 is 0. The molecule has 0 aliphatic heterocycles. The van der Waals surface area contributed by atoms with E-state index >= 15 is 0 Å². The molecule has 1 aliphatic carbocycles. The molecule has 0 saturated heterocycles. The highest BCUT2D eigenvalue weighted by Crippen LogP contribution is 2.27. The zero-order valence-electron chi connectivity index (χ0n) is 8.21. The minimum Gasteiger partial charge on any atom is -0.497 e. The summed E-state index contributed by atoms with van der Waals surface area (Å²) in [7, 11) is 1.62. The fourth-order valence-corrected chi connectivity index (χ4v) is 1.48.